The second-order valence-electron chi connectivity index (χ2n) is 7.85. The molecule has 186 valence electrons. The van der Waals surface area contributed by atoms with Gasteiger partial charge in [0.1, 0.15) is 11.6 Å². The molecule has 0 amide bonds. The number of nitrogens with zero attached hydrogens (tertiary/aromatic N) is 2. The van der Waals surface area contributed by atoms with Crippen molar-refractivity contribution < 1.29 is 22.7 Å². The van der Waals surface area contributed by atoms with Crippen LogP contribution in [-0.2, 0) is 13.0 Å². The standard InChI is InChI=1S/C25H20ClF3N4O3/c1-36-22-11-15(33-25(35)31-24(32-33)17-9-14(12-30)2-6-19(17)26)4-5-16(22)21(34)10-13-3-7-20(27)18(8-13)23(28)29/h2-9,11,23H,10,12,30H2,1H3,(H,31,32,35). The molecule has 0 saturated heterocycles. The second kappa shape index (κ2) is 10.4. The third-order valence-corrected chi connectivity index (χ3v) is 5.86. The Hall–Kier alpha value is -3.89. The van der Waals surface area contributed by atoms with Crippen LogP contribution in [0.3, 0.4) is 0 Å². The maximum Gasteiger partial charge on any atom is 0.348 e. The summed E-state index contributed by atoms with van der Waals surface area (Å²) in [5.74, 6) is -1.10. The van der Waals surface area contributed by atoms with Crippen molar-refractivity contribution in [2.24, 2.45) is 5.73 Å². The van der Waals surface area contributed by atoms with Crippen molar-refractivity contribution in [1.82, 2.24) is 14.8 Å². The van der Waals surface area contributed by atoms with Crippen LogP contribution in [0.25, 0.3) is 17.1 Å². The second-order valence-corrected chi connectivity index (χ2v) is 8.26. The molecule has 4 aromatic rings. The molecule has 11 heteroatoms. The van der Waals surface area contributed by atoms with Crippen molar-refractivity contribution >= 4 is 17.4 Å². The smallest absolute Gasteiger partial charge is 0.348 e. The minimum atomic E-state index is -3.00. The summed E-state index contributed by atoms with van der Waals surface area (Å²) < 4.78 is 46.0. The van der Waals surface area contributed by atoms with Gasteiger partial charge in [-0.2, -0.15) is 4.68 Å². The molecule has 3 aromatic carbocycles. The molecular weight excluding hydrogens is 497 g/mol. The first-order valence-electron chi connectivity index (χ1n) is 10.7. The van der Waals surface area contributed by atoms with Gasteiger partial charge in [0.25, 0.3) is 6.43 Å². The molecule has 3 N–H and O–H groups in total. The van der Waals surface area contributed by atoms with E-state index >= 15 is 0 Å². The van der Waals surface area contributed by atoms with Gasteiger partial charge in [0.05, 0.1) is 28.9 Å². The zero-order valence-electron chi connectivity index (χ0n) is 18.9. The summed E-state index contributed by atoms with van der Waals surface area (Å²) in [6.07, 6.45) is -3.25. The van der Waals surface area contributed by atoms with E-state index in [0.29, 0.717) is 16.3 Å². The van der Waals surface area contributed by atoms with Crippen LogP contribution in [0.1, 0.15) is 33.5 Å². The molecule has 0 aliphatic carbocycles. The quantitative estimate of drug-likeness (QED) is 0.326. The third kappa shape index (κ3) is 5.05. The fraction of sp³-hybridized carbons (Fsp3) is 0.160. The first-order chi connectivity index (χ1) is 17.2. The number of methoxy groups -OCH3 is 1. The Kier molecular flexibility index (Phi) is 7.27. The highest BCUT2D eigenvalue weighted by Crippen LogP contribution is 2.28. The number of aromatic nitrogens is 3. The van der Waals surface area contributed by atoms with Gasteiger partial charge >= 0.3 is 5.69 Å². The Balaban J connectivity index is 1.65. The molecule has 0 atom stereocenters. The van der Waals surface area contributed by atoms with E-state index < -0.39 is 29.3 Å². The molecule has 0 spiro atoms. The highest BCUT2D eigenvalue weighted by Gasteiger charge is 2.19. The molecule has 0 unspecified atom stereocenters. The summed E-state index contributed by atoms with van der Waals surface area (Å²) in [7, 11) is 1.35. The van der Waals surface area contributed by atoms with E-state index in [1.54, 1.807) is 18.2 Å². The predicted molar refractivity (Wildman–Crippen MR) is 128 cm³/mol. The van der Waals surface area contributed by atoms with Gasteiger partial charge in [0.2, 0.25) is 0 Å². The van der Waals surface area contributed by atoms with Crippen LogP contribution in [0.4, 0.5) is 13.2 Å². The van der Waals surface area contributed by atoms with E-state index in [1.165, 1.54) is 31.4 Å². The number of ketones is 1. The zero-order chi connectivity index (χ0) is 26.0. The number of hydrogen-bond donors (Lipinski definition) is 2. The zero-order valence-corrected chi connectivity index (χ0v) is 19.7. The van der Waals surface area contributed by atoms with E-state index in [4.69, 9.17) is 22.1 Å². The van der Waals surface area contributed by atoms with Gasteiger partial charge in [-0.15, -0.1) is 5.10 Å². The SMILES string of the molecule is COc1cc(-n2nc(-c3cc(CN)ccc3Cl)[nH]c2=O)ccc1C(=O)Cc1ccc(F)c(C(F)F)c1. The highest BCUT2D eigenvalue weighted by molar-refractivity contribution is 6.33. The van der Waals surface area contributed by atoms with Gasteiger partial charge < -0.3 is 10.5 Å². The number of nitrogens with two attached hydrogens (primary N) is 1. The maximum atomic E-state index is 13.6. The highest BCUT2D eigenvalue weighted by atomic mass is 35.5. The molecule has 7 nitrogen and oxygen atoms in total. The molecular formula is C25H20ClF3N4O3. The van der Waals surface area contributed by atoms with Crippen LogP contribution in [0.2, 0.25) is 5.02 Å². The number of halogens is 4. The molecule has 36 heavy (non-hydrogen) atoms. The lowest BCUT2D eigenvalue weighted by Gasteiger charge is -2.11. The molecule has 0 radical (unpaired) electrons. The summed E-state index contributed by atoms with van der Waals surface area (Å²) >= 11 is 6.27. The number of nitrogens with one attached hydrogen (secondary N) is 1. The minimum Gasteiger partial charge on any atom is -0.496 e. The van der Waals surface area contributed by atoms with Crippen LogP contribution in [0.5, 0.6) is 5.75 Å². The average Bonchev–Trinajstić information content (AvgIpc) is 3.26. The Morgan fingerprint density at radius 2 is 1.89 bits per heavy atom. The van der Waals surface area contributed by atoms with E-state index in [0.717, 1.165) is 22.4 Å². The normalized spacial score (nSPS) is 11.2. The first-order valence-corrected chi connectivity index (χ1v) is 11.1. The monoisotopic (exact) mass is 516 g/mol. The first kappa shape index (κ1) is 25.2. The molecule has 0 fully saturated rings. The lowest BCUT2D eigenvalue weighted by molar-refractivity contribution is 0.0989. The van der Waals surface area contributed by atoms with Crippen LogP contribution in [0.15, 0.2) is 59.4 Å². The average molecular weight is 517 g/mol. The third-order valence-electron chi connectivity index (χ3n) is 5.53. The van der Waals surface area contributed by atoms with Gasteiger partial charge in [-0.25, -0.2) is 18.0 Å². The minimum absolute atomic E-state index is 0.147. The number of Topliss-reactive ketones (excluding diaryl/α,β-unsaturated/α-hetero) is 1. The van der Waals surface area contributed by atoms with Crippen LogP contribution in [0, 0.1) is 5.82 Å². The topological polar surface area (TPSA) is 103 Å². The van der Waals surface area contributed by atoms with Gasteiger partial charge in [-0.05, 0) is 47.5 Å². The number of carbonyl (C=O) groups is 1. The number of hydrogen-bond acceptors (Lipinski definition) is 5. The molecule has 0 saturated carbocycles. The Bertz CT molecular complexity index is 1500. The van der Waals surface area contributed by atoms with E-state index in [1.807, 2.05) is 0 Å². The van der Waals surface area contributed by atoms with Crippen LogP contribution < -0.4 is 16.2 Å². The largest absolute Gasteiger partial charge is 0.496 e. The van der Waals surface area contributed by atoms with E-state index in [2.05, 4.69) is 10.1 Å². The Morgan fingerprint density at radius 3 is 2.58 bits per heavy atom. The summed E-state index contributed by atoms with van der Waals surface area (Å²) in [6, 6.07) is 12.7. The van der Waals surface area contributed by atoms with Gasteiger partial charge in [-0.3, -0.25) is 9.78 Å². The number of carbonyl (C=O) groups excluding carboxylic acids is 1. The predicted octanol–water partition coefficient (Wildman–Crippen LogP) is 4.85. The van der Waals surface area contributed by atoms with Crippen molar-refractivity contribution in [3.63, 3.8) is 0 Å². The Morgan fingerprint density at radius 1 is 1.14 bits per heavy atom. The van der Waals surface area contributed by atoms with Crippen molar-refractivity contribution in [2.45, 2.75) is 19.4 Å². The molecule has 0 bridgehead atoms. The summed E-state index contributed by atoms with van der Waals surface area (Å²) in [6.45, 7) is 0.281. The molecule has 1 heterocycles. The molecule has 1 aromatic heterocycles. The van der Waals surface area contributed by atoms with Crippen LogP contribution >= 0.6 is 11.6 Å². The number of benzene rings is 3. The summed E-state index contributed by atoms with van der Waals surface area (Å²) in [4.78, 5) is 28.2. The van der Waals surface area contributed by atoms with E-state index in [9.17, 15) is 22.8 Å². The van der Waals surface area contributed by atoms with Gasteiger partial charge in [0.15, 0.2) is 11.6 Å². The number of aromatic amines is 1. The number of ether oxygens (including phenoxy) is 1. The fourth-order valence-electron chi connectivity index (χ4n) is 3.69. The number of H-pyrrole nitrogens is 1. The van der Waals surface area contributed by atoms with Crippen molar-refractivity contribution in [3.05, 3.63) is 98.2 Å². The molecule has 0 aliphatic heterocycles. The van der Waals surface area contributed by atoms with Crippen molar-refractivity contribution in [2.75, 3.05) is 7.11 Å². The Labute approximate surface area is 208 Å². The van der Waals surface area contributed by atoms with Gasteiger partial charge in [-0.1, -0.05) is 23.7 Å². The van der Waals surface area contributed by atoms with Crippen molar-refractivity contribution in [3.8, 4) is 22.8 Å². The molecule has 0 aliphatic rings. The number of rotatable bonds is 8. The van der Waals surface area contributed by atoms with E-state index in [-0.39, 0.29) is 35.7 Å². The number of alkyl halides is 2. The maximum absolute atomic E-state index is 13.6. The van der Waals surface area contributed by atoms with Crippen molar-refractivity contribution in [1.29, 1.82) is 0 Å². The lowest BCUT2D eigenvalue weighted by atomic mass is 10.00. The summed E-state index contributed by atoms with van der Waals surface area (Å²) in [5, 5.41) is 4.69. The summed E-state index contributed by atoms with van der Waals surface area (Å²) in [5.41, 5.74) is 6.36. The fourth-order valence-corrected chi connectivity index (χ4v) is 3.90. The molecule has 4 rings (SSSR count). The van der Waals surface area contributed by atoms with Gasteiger partial charge in [0, 0.05) is 24.6 Å². The lowest BCUT2D eigenvalue weighted by Crippen LogP contribution is -2.16. The van der Waals surface area contributed by atoms with Crippen LogP contribution in [-0.4, -0.2) is 27.7 Å².